The summed E-state index contributed by atoms with van der Waals surface area (Å²) in [6, 6.07) is 0. The molecule has 0 amide bonds. The zero-order chi connectivity index (χ0) is 9.19. The fourth-order valence-electron chi connectivity index (χ4n) is 0.442. The highest BCUT2D eigenvalue weighted by Gasteiger charge is 2.31. The van der Waals surface area contributed by atoms with E-state index in [1.807, 2.05) is 0 Å². The van der Waals surface area contributed by atoms with E-state index in [0.29, 0.717) is 0 Å². The van der Waals surface area contributed by atoms with Crippen LogP contribution in [0, 0.1) is 0 Å². The van der Waals surface area contributed by atoms with Gasteiger partial charge in [-0.25, -0.2) is 0 Å². The molecule has 3 nitrogen and oxygen atoms in total. The molecule has 0 atom stereocenters. The Balaban J connectivity index is 2.64. The van der Waals surface area contributed by atoms with Gasteiger partial charge < -0.3 is 5.11 Å². The first-order valence-corrected chi connectivity index (χ1v) is 4.33. The van der Waals surface area contributed by atoms with E-state index in [4.69, 9.17) is 5.11 Å². The Morgan fingerprint density at radius 2 is 2.08 bits per heavy atom. The highest BCUT2D eigenvalue weighted by atomic mass is 32.2. The van der Waals surface area contributed by atoms with E-state index in [1.54, 1.807) is 0 Å². The zero-order valence-electron chi connectivity index (χ0n) is 5.50. The van der Waals surface area contributed by atoms with Crippen molar-refractivity contribution >= 4 is 23.1 Å². The average molecular weight is 216 g/mol. The fourth-order valence-corrected chi connectivity index (χ4v) is 1.89. The molecule has 0 radical (unpaired) electrons. The molecule has 0 spiro atoms. The van der Waals surface area contributed by atoms with Crippen LogP contribution in [0.5, 0.6) is 0 Å². The van der Waals surface area contributed by atoms with Crippen molar-refractivity contribution in [1.82, 2.24) is 10.2 Å². The Morgan fingerprint density at radius 3 is 2.50 bits per heavy atom. The van der Waals surface area contributed by atoms with Crippen LogP contribution in [-0.4, -0.2) is 20.8 Å². The maximum absolute atomic E-state index is 11.7. The molecule has 0 bridgehead atoms. The first kappa shape index (κ1) is 9.75. The van der Waals surface area contributed by atoms with Gasteiger partial charge in [0.1, 0.15) is 5.01 Å². The molecule has 8 heteroatoms. The Hall–Kier alpha value is -0.340. The normalized spacial score (nSPS) is 12.0. The molecular weight excluding hydrogens is 213 g/mol. The van der Waals surface area contributed by atoms with E-state index in [-0.39, 0.29) is 27.7 Å². The number of aliphatic hydroxyl groups excluding tert-OH is 1. The second kappa shape index (κ2) is 3.58. The van der Waals surface area contributed by atoms with Gasteiger partial charge in [0.05, 0.1) is 6.61 Å². The Kier molecular flexibility index (Phi) is 2.91. The second-order valence-electron chi connectivity index (χ2n) is 1.67. The van der Waals surface area contributed by atoms with Crippen LogP contribution >= 0.6 is 23.1 Å². The monoisotopic (exact) mass is 216 g/mol. The molecule has 1 rings (SSSR count). The van der Waals surface area contributed by atoms with Crippen LogP contribution in [0.2, 0.25) is 0 Å². The van der Waals surface area contributed by atoms with Gasteiger partial charge in [-0.05, 0) is 0 Å². The summed E-state index contributed by atoms with van der Waals surface area (Å²) in [6.45, 7) is -0.379. The molecule has 1 heterocycles. The summed E-state index contributed by atoms with van der Waals surface area (Å²) in [5.41, 5.74) is -4.34. The van der Waals surface area contributed by atoms with Gasteiger partial charge >= 0.3 is 5.51 Å². The lowest BCUT2D eigenvalue weighted by atomic mass is 10.8. The molecule has 1 N–H and O–H groups in total. The quantitative estimate of drug-likeness (QED) is 0.763. The highest BCUT2D eigenvalue weighted by Crippen LogP contribution is 2.37. The topological polar surface area (TPSA) is 46.0 Å². The van der Waals surface area contributed by atoms with Gasteiger partial charge in [-0.3, -0.25) is 0 Å². The minimum Gasteiger partial charge on any atom is -0.389 e. The lowest BCUT2D eigenvalue weighted by molar-refractivity contribution is -0.0328. The van der Waals surface area contributed by atoms with Gasteiger partial charge in [-0.1, -0.05) is 11.3 Å². The summed E-state index contributed by atoms with van der Waals surface area (Å²) >= 11 is 0.401. The molecular formula is C4H3F3N2OS2. The van der Waals surface area contributed by atoms with E-state index >= 15 is 0 Å². The summed E-state index contributed by atoms with van der Waals surface area (Å²) in [6.07, 6.45) is 0. The molecule has 0 saturated heterocycles. The van der Waals surface area contributed by atoms with Crippen LogP contribution in [0.3, 0.4) is 0 Å². The summed E-state index contributed by atoms with van der Waals surface area (Å²) in [7, 11) is 0. The Morgan fingerprint density at radius 1 is 1.42 bits per heavy atom. The SMILES string of the molecule is OCc1nnc(SC(F)(F)F)s1. The lowest BCUT2D eigenvalue weighted by Gasteiger charge is -1.99. The van der Waals surface area contributed by atoms with Crippen molar-refractivity contribution in [3.05, 3.63) is 5.01 Å². The standard InChI is InChI=1S/C4H3F3N2OS2/c5-4(6,7)12-3-9-8-2(1-10)11-3/h10H,1H2. The summed E-state index contributed by atoms with van der Waals surface area (Å²) in [5, 5.41) is 15.2. The van der Waals surface area contributed by atoms with E-state index in [1.165, 1.54) is 0 Å². The highest BCUT2D eigenvalue weighted by molar-refractivity contribution is 8.01. The van der Waals surface area contributed by atoms with Crippen molar-refractivity contribution in [2.24, 2.45) is 0 Å². The van der Waals surface area contributed by atoms with Crippen LogP contribution in [0.15, 0.2) is 4.34 Å². The van der Waals surface area contributed by atoms with E-state index in [0.717, 1.165) is 11.3 Å². The third-order valence-electron chi connectivity index (χ3n) is 0.787. The summed E-state index contributed by atoms with van der Waals surface area (Å²) in [4.78, 5) is 0. The summed E-state index contributed by atoms with van der Waals surface area (Å²) in [5.74, 6) is 0. The van der Waals surface area contributed by atoms with Gasteiger partial charge in [0.25, 0.3) is 0 Å². The zero-order valence-corrected chi connectivity index (χ0v) is 7.13. The predicted octanol–water partition coefficient (Wildman–Crippen LogP) is 1.64. The number of alkyl halides is 3. The van der Waals surface area contributed by atoms with Gasteiger partial charge in [-0.15, -0.1) is 10.2 Å². The largest absolute Gasteiger partial charge is 0.448 e. The molecule has 0 aromatic carbocycles. The van der Waals surface area contributed by atoms with Crippen molar-refractivity contribution in [2.45, 2.75) is 16.5 Å². The maximum atomic E-state index is 11.7. The minimum atomic E-state index is -4.34. The maximum Gasteiger partial charge on any atom is 0.448 e. The number of aromatic nitrogens is 2. The van der Waals surface area contributed by atoms with Gasteiger partial charge in [0.15, 0.2) is 4.34 Å². The average Bonchev–Trinajstić information content (AvgIpc) is 2.32. The number of nitrogens with zero attached hydrogens (tertiary/aromatic N) is 2. The van der Waals surface area contributed by atoms with Crippen LogP contribution in [0.1, 0.15) is 5.01 Å². The van der Waals surface area contributed by atoms with Gasteiger partial charge in [-0.2, -0.15) is 13.2 Å². The number of halogens is 3. The predicted molar refractivity (Wildman–Crippen MR) is 37.7 cm³/mol. The molecule has 0 aliphatic heterocycles. The Bertz CT molecular complexity index is 261. The smallest absolute Gasteiger partial charge is 0.389 e. The van der Waals surface area contributed by atoms with Crippen LogP contribution in [0.4, 0.5) is 13.2 Å². The minimum absolute atomic E-state index is 0.182. The molecule has 0 saturated carbocycles. The van der Waals surface area contributed by atoms with E-state index in [9.17, 15) is 13.2 Å². The molecule has 0 unspecified atom stereocenters. The molecule has 1 aromatic rings. The van der Waals surface area contributed by atoms with E-state index < -0.39 is 5.51 Å². The Labute approximate surface area is 73.6 Å². The molecule has 12 heavy (non-hydrogen) atoms. The van der Waals surface area contributed by atoms with Gasteiger partial charge in [0.2, 0.25) is 0 Å². The number of hydrogen-bond donors (Lipinski definition) is 1. The number of hydrogen-bond acceptors (Lipinski definition) is 5. The first-order valence-electron chi connectivity index (χ1n) is 2.70. The first-order chi connectivity index (χ1) is 5.51. The second-order valence-corrected chi connectivity index (χ2v) is 4.04. The van der Waals surface area contributed by atoms with Crippen molar-refractivity contribution < 1.29 is 18.3 Å². The van der Waals surface area contributed by atoms with Crippen molar-refractivity contribution in [3.63, 3.8) is 0 Å². The molecule has 0 fully saturated rings. The molecule has 0 aliphatic rings. The number of aliphatic hydroxyl groups is 1. The molecule has 68 valence electrons. The van der Waals surface area contributed by atoms with Gasteiger partial charge in [0, 0.05) is 11.8 Å². The third-order valence-corrected chi connectivity index (χ3v) is 2.48. The van der Waals surface area contributed by atoms with Crippen molar-refractivity contribution in [3.8, 4) is 0 Å². The van der Waals surface area contributed by atoms with Crippen LogP contribution < -0.4 is 0 Å². The number of rotatable bonds is 2. The lowest BCUT2D eigenvalue weighted by Crippen LogP contribution is -1.98. The third kappa shape index (κ3) is 2.95. The van der Waals surface area contributed by atoms with Crippen LogP contribution in [-0.2, 0) is 6.61 Å². The van der Waals surface area contributed by atoms with Crippen molar-refractivity contribution in [2.75, 3.05) is 0 Å². The van der Waals surface area contributed by atoms with E-state index in [2.05, 4.69) is 10.2 Å². The summed E-state index contributed by atoms with van der Waals surface area (Å²) < 4.78 is 34.9. The van der Waals surface area contributed by atoms with Crippen molar-refractivity contribution in [1.29, 1.82) is 0 Å². The molecule has 1 aromatic heterocycles. The fraction of sp³-hybridized carbons (Fsp3) is 0.500. The van der Waals surface area contributed by atoms with Crippen LogP contribution in [0.25, 0.3) is 0 Å². The molecule has 0 aliphatic carbocycles. The number of thioether (sulfide) groups is 1.